The highest BCUT2D eigenvalue weighted by Crippen LogP contribution is 2.38. The van der Waals surface area contributed by atoms with E-state index >= 15 is 0 Å². The van der Waals surface area contributed by atoms with Crippen molar-refractivity contribution in [3.63, 3.8) is 0 Å². The largest absolute Gasteiger partial charge is 0.332 e. The summed E-state index contributed by atoms with van der Waals surface area (Å²) in [5.74, 6) is 0. The SMILES string of the molecule is C=C1C(c2cccc([N+](=O)[O-])c2)=Nc2ccccc2N1Cc1ccccn1. The first-order valence-electron chi connectivity index (χ1n) is 8.43. The second kappa shape index (κ2) is 6.84. The van der Waals surface area contributed by atoms with Crippen LogP contribution in [0.5, 0.6) is 0 Å². The summed E-state index contributed by atoms with van der Waals surface area (Å²) < 4.78 is 0. The molecule has 0 radical (unpaired) electrons. The molecule has 0 saturated carbocycles. The highest BCUT2D eigenvalue weighted by atomic mass is 16.6. The molecule has 27 heavy (non-hydrogen) atoms. The van der Waals surface area contributed by atoms with Crippen LogP contribution in [0.15, 0.2) is 90.2 Å². The fourth-order valence-electron chi connectivity index (χ4n) is 3.08. The molecule has 4 rings (SSSR count). The number of nitro groups is 1. The van der Waals surface area contributed by atoms with Gasteiger partial charge in [0.15, 0.2) is 0 Å². The van der Waals surface area contributed by atoms with Crippen LogP contribution in [0.25, 0.3) is 0 Å². The lowest BCUT2D eigenvalue weighted by atomic mass is 10.0. The molecule has 0 spiro atoms. The van der Waals surface area contributed by atoms with Crippen molar-refractivity contribution in [1.29, 1.82) is 0 Å². The molecule has 0 saturated heterocycles. The molecule has 1 aliphatic heterocycles. The summed E-state index contributed by atoms with van der Waals surface area (Å²) in [6.07, 6.45) is 1.75. The number of non-ortho nitro benzene ring substituents is 1. The van der Waals surface area contributed by atoms with Crippen LogP contribution in [0.4, 0.5) is 17.1 Å². The molecule has 2 heterocycles. The van der Waals surface area contributed by atoms with Crippen LogP contribution in [0.3, 0.4) is 0 Å². The molecule has 6 nitrogen and oxygen atoms in total. The third-order valence-electron chi connectivity index (χ3n) is 4.38. The number of allylic oxidation sites excluding steroid dienone is 1. The van der Waals surface area contributed by atoms with Crippen molar-refractivity contribution in [1.82, 2.24) is 4.98 Å². The van der Waals surface area contributed by atoms with Gasteiger partial charge < -0.3 is 4.90 Å². The van der Waals surface area contributed by atoms with Gasteiger partial charge in [0.2, 0.25) is 0 Å². The molecule has 1 aromatic heterocycles. The Labute approximate surface area is 156 Å². The zero-order valence-corrected chi connectivity index (χ0v) is 14.4. The lowest BCUT2D eigenvalue weighted by Crippen LogP contribution is -2.29. The number of anilines is 1. The summed E-state index contributed by atoms with van der Waals surface area (Å²) in [6, 6.07) is 20.0. The van der Waals surface area contributed by atoms with Crippen molar-refractivity contribution in [2.24, 2.45) is 4.99 Å². The number of hydrogen-bond donors (Lipinski definition) is 0. The van der Waals surface area contributed by atoms with Gasteiger partial charge in [-0.3, -0.25) is 15.1 Å². The van der Waals surface area contributed by atoms with Crippen LogP contribution in [0.2, 0.25) is 0 Å². The van der Waals surface area contributed by atoms with Crippen molar-refractivity contribution in [3.05, 3.63) is 107 Å². The van der Waals surface area contributed by atoms with Gasteiger partial charge >= 0.3 is 0 Å². The second-order valence-corrected chi connectivity index (χ2v) is 6.11. The summed E-state index contributed by atoms with van der Waals surface area (Å²) in [7, 11) is 0. The fraction of sp³-hybridized carbons (Fsp3) is 0.0476. The summed E-state index contributed by atoms with van der Waals surface area (Å²) in [6.45, 7) is 4.75. The molecule has 6 heteroatoms. The molecule has 0 bridgehead atoms. The van der Waals surface area contributed by atoms with E-state index in [1.165, 1.54) is 12.1 Å². The van der Waals surface area contributed by atoms with Gasteiger partial charge in [0.25, 0.3) is 5.69 Å². The Morgan fingerprint density at radius 1 is 1.04 bits per heavy atom. The molecular formula is C21H16N4O2. The maximum atomic E-state index is 11.1. The van der Waals surface area contributed by atoms with Gasteiger partial charge in [0.05, 0.1) is 39.9 Å². The minimum atomic E-state index is -0.407. The van der Waals surface area contributed by atoms with Gasteiger partial charge in [-0.25, -0.2) is 4.99 Å². The average molecular weight is 356 g/mol. The number of fused-ring (bicyclic) bond motifs is 1. The number of aromatic nitrogens is 1. The number of pyridine rings is 1. The topological polar surface area (TPSA) is 71.6 Å². The van der Waals surface area contributed by atoms with Gasteiger partial charge in [-0.2, -0.15) is 0 Å². The van der Waals surface area contributed by atoms with E-state index in [4.69, 9.17) is 4.99 Å². The summed E-state index contributed by atoms with van der Waals surface area (Å²) >= 11 is 0. The Bertz CT molecular complexity index is 1060. The van der Waals surface area contributed by atoms with Crippen molar-refractivity contribution in [2.45, 2.75) is 6.54 Å². The smallest absolute Gasteiger partial charge is 0.270 e. The van der Waals surface area contributed by atoms with Crippen molar-refractivity contribution in [3.8, 4) is 0 Å². The maximum absolute atomic E-state index is 11.1. The van der Waals surface area contributed by atoms with E-state index in [0.29, 0.717) is 23.5 Å². The van der Waals surface area contributed by atoms with Crippen LogP contribution in [-0.2, 0) is 6.54 Å². The van der Waals surface area contributed by atoms with Crippen molar-refractivity contribution in [2.75, 3.05) is 4.90 Å². The summed E-state index contributed by atoms with van der Waals surface area (Å²) in [4.78, 5) is 21.9. The number of benzene rings is 2. The maximum Gasteiger partial charge on any atom is 0.270 e. The second-order valence-electron chi connectivity index (χ2n) is 6.11. The van der Waals surface area contributed by atoms with E-state index in [1.807, 2.05) is 53.4 Å². The van der Waals surface area contributed by atoms with Gasteiger partial charge in [0.1, 0.15) is 0 Å². The number of nitro benzene ring substituents is 1. The highest BCUT2D eigenvalue weighted by molar-refractivity contribution is 6.17. The van der Waals surface area contributed by atoms with Gasteiger partial charge in [-0.15, -0.1) is 0 Å². The van der Waals surface area contributed by atoms with E-state index in [1.54, 1.807) is 12.3 Å². The highest BCUT2D eigenvalue weighted by Gasteiger charge is 2.25. The first kappa shape index (κ1) is 16.7. The molecule has 0 unspecified atom stereocenters. The monoisotopic (exact) mass is 356 g/mol. The zero-order valence-electron chi connectivity index (χ0n) is 14.4. The Morgan fingerprint density at radius 2 is 1.85 bits per heavy atom. The number of para-hydroxylation sites is 2. The van der Waals surface area contributed by atoms with E-state index in [0.717, 1.165) is 17.1 Å². The first-order valence-corrected chi connectivity index (χ1v) is 8.43. The molecule has 3 aromatic rings. The molecule has 0 amide bonds. The van der Waals surface area contributed by atoms with Gasteiger partial charge in [-0.1, -0.05) is 36.9 Å². The number of aliphatic imine (C=N–C) groups is 1. The van der Waals surface area contributed by atoms with Crippen LogP contribution in [0, 0.1) is 10.1 Å². The lowest BCUT2D eigenvalue weighted by Gasteiger charge is -2.32. The quantitative estimate of drug-likeness (QED) is 0.504. The van der Waals surface area contributed by atoms with Crippen LogP contribution in [-0.4, -0.2) is 15.6 Å². The van der Waals surface area contributed by atoms with Crippen LogP contribution in [0.1, 0.15) is 11.3 Å². The van der Waals surface area contributed by atoms with Gasteiger partial charge in [-0.05, 0) is 24.3 Å². The number of hydrogen-bond acceptors (Lipinski definition) is 5. The number of rotatable bonds is 4. The Morgan fingerprint density at radius 3 is 2.63 bits per heavy atom. The lowest BCUT2D eigenvalue weighted by molar-refractivity contribution is -0.384. The average Bonchev–Trinajstić information content (AvgIpc) is 2.71. The van der Waals surface area contributed by atoms with Crippen LogP contribution < -0.4 is 4.90 Å². The number of nitrogens with zero attached hydrogens (tertiary/aromatic N) is 4. The Hall–Kier alpha value is -3.80. The Kier molecular flexibility index (Phi) is 4.22. The molecular weight excluding hydrogens is 340 g/mol. The predicted molar refractivity (Wildman–Crippen MR) is 105 cm³/mol. The summed E-state index contributed by atoms with van der Waals surface area (Å²) in [5.41, 5.74) is 4.61. The molecule has 0 aliphatic carbocycles. The molecule has 1 aliphatic rings. The molecule has 0 N–H and O–H groups in total. The predicted octanol–water partition coefficient (Wildman–Crippen LogP) is 4.64. The zero-order chi connectivity index (χ0) is 18.8. The molecule has 0 fully saturated rings. The van der Waals surface area contributed by atoms with E-state index in [-0.39, 0.29) is 5.69 Å². The third-order valence-corrected chi connectivity index (χ3v) is 4.38. The standard InChI is InChI=1S/C21H16N4O2/c1-15-21(16-7-6-9-18(13-16)25(26)27)23-19-10-2-3-11-20(19)24(15)14-17-8-4-5-12-22-17/h2-13H,1,14H2. The van der Waals surface area contributed by atoms with E-state index in [9.17, 15) is 10.1 Å². The molecule has 0 atom stereocenters. The fourth-order valence-corrected chi connectivity index (χ4v) is 3.08. The van der Waals surface area contributed by atoms with Gasteiger partial charge in [0, 0.05) is 23.9 Å². The summed E-state index contributed by atoms with van der Waals surface area (Å²) in [5, 5.41) is 11.1. The van der Waals surface area contributed by atoms with E-state index < -0.39 is 4.92 Å². The Balaban J connectivity index is 1.80. The molecule has 132 valence electrons. The molecule has 2 aromatic carbocycles. The van der Waals surface area contributed by atoms with E-state index in [2.05, 4.69) is 11.6 Å². The van der Waals surface area contributed by atoms with Crippen molar-refractivity contribution < 1.29 is 4.92 Å². The third kappa shape index (κ3) is 3.20. The van der Waals surface area contributed by atoms with Crippen LogP contribution >= 0.6 is 0 Å². The normalized spacial score (nSPS) is 13.1. The minimum Gasteiger partial charge on any atom is -0.332 e. The minimum absolute atomic E-state index is 0.0261. The first-order chi connectivity index (χ1) is 13.1. The van der Waals surface area contributed by atoms with Crippen molar-refractivity contribution >= 4 is 22.8 Å².